The molecule has 0 unspecified atom stereocenters. The summed E-state index contributed by atoms with van der Waals surface area (Å²) in [5.74, 6) is 1.22. The topological polar surface area (TPSA) is 24.9 Å². The molecule has 1 aromatic heterocycles. The Hall–Kier alpha value is -0.0600. The van der Waals surface area contributed by atoms with Crippen molar-refractivity contribution in [3.05, 3.63) is 28.5 Å². The van der Waals surface area contributed by atoms with Crippen molar-refractivity contribution in [1.29, 1.82) is 0 Å². The van der Waals surface area contributed by atoms with Crippen LogP contribution in [0.4, 0.5) is 0 Å². The molecule has 0 radical (unpaired) electrons. The highest BCUT2D eigenvalue weighted by molar-refractivity contribution is 9.10. The molecule has 0 atom stereocenters. The van der Waals surface area contributed by atoms with E-state index in [9.17, 15) is 0 Å². The van der Waals surface area contributed by atoms with E-state index in [0.717, 1.165) is 23.3 Å². The maximum Gasteiger partial charge on any atom is 0.0542 e. The monoisotopic (exact) mass is 274 g/mol. The molecule has 0 spiro atoms. The quantitative estimate of drug-likeness (QED) is 0.808. The lowest BCUT2D eigenvalue weighted by Crippen LogP contribution is -2.15. The van der Waals surface area contributed by atoms with Gasteiger partial charge in [0, 0.05) is 17.2 Å². The van der Waals surface area contributed by atoms with Crippen LogP contribution < -0.4 is 5.32 Å². The number of halogens is 1. The predicted octanol–water partition coefficient (Wildman–Crippen LogP) is 2.69. The standard InChI is InChI=1S/C10H15BrN2S/c1-14-6-2-5-12-8-10-4-3-9(11)7-13-10/h3-4,7,12H,2,5-6,8H2,1H3. The summed E-state index contributed by atoms with van der Waals surface area (Å²) in [6.45, 7) is 1.93. The predicted molar refractivity (Wildman–Crippen MR) is 66.6 cm³/mol. The number of hydrogen-bond acceptors (Lipinski definition) is 3. The Balaban J connectivity index is 2.15. The van der Waals surface area contributed by atoms with E-state index in [1.54, 1.807) is 0 Å². The maximum absolute atomic E-state index is 4.28. The lowest BCUT2D eigenvalue weighted by molar-refractivity contribution is 0.667. The van der Waals surface area contributed by atoms with Crippen molar-refractivity contribution in [2.75, 3.05) is 18.6 Å². The molecule has 2 nitrogen and oxygen atoms in total. The van der Waals surface area contributed by atoms with Crippen molar-refractivity contribution in [2.24, 2.45) is 0 Å². The Labute approximate surface area is 98.0 Å². The van der Waals surface area contributed by atoms with Crippen molar-refractivity contribution in [2.45, 2.75) is 13.0 Å². The maximum atomic E-state index is 4.28. The van der Waals surface area contributed by atoms with Gasteiger partial charge in [-0.25, -0.2) is 0 Å². The second-order valence-corrected chi connectivity index (χ2v) is 4.89. The Morgan fingerprint density at radius 2 is 2.36 bits per heavy atom. The highest BCUT2D eigenvalue weighted by Gasteiger charge is 1.93. The number of hydrogen-bond donors (Lipinski definition) is 1. The minimum absolute atomic E-state index is 0.863. The third kappa shape index (κ3) is 4.98. The van der Waals surface area contributed by atoms with E-state index < -0.39 is 0 Å². The molecule has 1 N–H and O–H groups in total. The fourth-order valence-electron chi connectivity index (χ4n) is 1.07. The fourth-order valence-corrected chi connectivity index (χ4v) is 1.74. The molecular weight excluding hydrogens is 260 g/mol. The van der Waals surface area contributed by atoms with Crippen molar-refractivity contribution in [3.63, 3.8) is 0 Å². The van der Waals surface area contributed by atoms with Crippen LogP contribution in [-0.2, 0) is 6.54 Å². The number of aromatic nitrogens is 1. The minimum Gasteiger partial charge on any atom is -0.311 e. The lowest BCUT2D eigenvalue weighted by atomic mass is 10.3. The molecule has 1 aromatic rings. The van der Waals surface area contributed by atoms with Gasteiger partial charge >= 0.3 is 0 Å². The zero-order valence-corrected chi connectivity index (χ0v) is 10.7. The van der Waals surface area contributed by atoms with Crippen LogP contribution in [0.5, 0.6) is 0 Å². The van der Waals surface area contributed by atoms with E-state index in [2.05, 4.69) is 32.5 Å². The van der Waals surface area contributed by atoms with Gasteiger partial charge in [0.1, 0.15) is 0 Å². The van der Waals surface area contributed by atoms with Gasteiger partial charge in [-0.3, -0.25) is 4.98 Å². The van der Waals surface area contributed by atoms with Crippen LogP contribution in [0.3, 0.4) is 0 Å². The van der Waals surface area contributed by atoms with Crippen LogP contribution in [0, 0.1) is 0 Å². The van der Waals surface area contributed by atoms with E-state index in [1.807, 2.05) is 30.1 Å². The van der Waals surface area contributed by atoms with Crippen molar-refractivity contribution < 1.29 is 0 Å². The van der Waals surface area contributed by atoms with Gasteiger partial charge in [-0.15, -0.1) is 0 Å². The van der Waals surface area contributed by atoms with E-state index in [-0.39, 0.29) is 0 Å². The van der Waals surface area contributed by atoms with Crippen LogP contribution in [0.25, 0.3) is 0 Å². The highest BCUT2D eigenvalue weighted by Crippen LogP contribution is 2.06. The first-order chi connectivity index (χ1) is 6.83. The molecule has 0 bridgehead atoms. The van der Waals surface area contributed by atoms with Gasteiger partial charge in [-0.2, -0.15) is 11.8 Å². The van der Waals surface area contributed by atoms with Crippen LogP contribution in [0.2, 0.25) is 0 Å². The van der Waals surface area contributed by atoms with Gasteiger partial charge in [0.15, 0.2) is 0 Å². The fraction of sp³-hybridized carbons (Fsp3) is 0.500. The molecule has 0 aliphatic rings. The largest absolute Gasteiger partial charge is 0.311 e. The molecular formula is C10H15BrN2S. The second-order valence-electron chi connectivity index (χ2n) is 2.99. The smallest absolute Gasteiger partial charge is 0.0542 e. The van der Waals surface area contributed by atoms with E-state index in [0.29, 0.717) is 0 Å². The molecule has 0 saturated carbocycles. The van der Waals surface area contributed by atoms with Gasteiger partial charge in [-0.1, -0.05) is 0 Å². The third-order valence-corrected chi connectivity index (χ3v) is 2.96. The van der Waals surface area contributed by atoms with E-state index in [1.165, 1.54) is 12.2 Å². The summed E-state index contributed by atoms with van der Waals surface area (Å²) in [5, 5.41) is 3.36. The summed E-state index contributed by atoms with van der Waals surface area (Å²) < 4.78 is 1.03. The normalized spacial score (nSPS) is 10.4. The Bertz CT molecular complexity index is 251. The first kappa shape index (κ1) is 12.0. The molecule has 0 amide bonds. The SMILES string of the molecule is CSCCCNCc1ccc(Br)cn1. The van der Waals surface area contributed by atoms with Crippen LogP contribution >= 0.6 is 27.7 Å². The zero-order valence-electron chi connectivity index (χ0n) is 8.29. The van der Waals surface area contributed by atoms with Gasteiger partial charge in [0.05, 0.1) is 5.69 Å². The van der Waals surface area contributed by atoms with Gasteiger partial charge in [-0.05, 0) is 53.0 Å². The average molecular weight is 275 g/mol. The number of nitrogens with one attached hydrogen (secondary N) is 1. The van der Waals surface area contributed by atoms with Crippen molar-refractivity contribution in [1.82, 2.24) is 10.3 Å². The summed E-state index contributed by atoms with van der Waals surface area (Å²) in [4.78, 5) is 4.28. The third-order valence-electron chi connectivity index (χ3n) is 1.80. The highest BCUT2D eigenvalue weighted by atomic mass is 79.9. The van der Waals surface area contributed by atoms with Gasteiger partial charge in [0.2, 0.25) is 0 Å². The molecule has 1 heterocycles. The van der Waals surface area contributed by atoms with Crippen LogP contribution in [0.1, 0.15) is 12.1 Å². The molecule has 1 rings (SSSR count). The molecule has 0 saturated heterocycles. The second kappa shape index (κ2) is 7.26. The Morgan fingerprint density at radius 3 is 3.00 bits per heavy atom. The Kier molecular flexibility index (Phi) is 6.23. The molecule has 0 aromatic carbocycles. The first-order valence-corrected chi connectivity index (χ1v) is 6.81. The first-order valence-electron chi connectivity index (χ1n) is 4.63. The summed E-state index contributed by atoms with van der Waals surface area (Å²) in [5.41, 5.74) is 1.09. The van der Waals surface area contributed by atoms with E-state index in [4.69, 9.17) is 0 Å². The number of rotatable bonds is 6. The average Bonchev–Trinajstić information content (AvgIpc) is 2.21. The van der Waals surface area contributed by atoms with Crippen molar-refractivity contribution in [3.8, 4) is 0 Å². The van der Waals surface area contributed by atoms with Crippen LogP contribution in [0.15, 0.2) is 22.8 Å². The van der Waals surface area contributed by atoms with E-state index >= 15 is 0 Å². The number of nitrogens with zero attached hydrogens (tertiary/aromatic N) is 1. The van der Waals surface area contributed by atoms with Crippen LogP contribution in [-0.4, -0.2) is 23.5 Å². The molecule has 4 heteroatoms. The van der Waals surface area contributed by atoms with Gasteiger partial charge in [0.25, 0.3) is 0 Å². The summed E-state index contributed by atoms with van der Waals surface area (Å²) in [6.07, 6.45) is 5.19. The molecule has 78 valence electrons. The Morgan fingerprint density at radius 1 is 1.50 bits per heavy atom. The minimum atomic E-state index is 0.863. The molecule has 0 fully saturated rings. The van der Waals surface area contributed by atoms with Crippen molar-refractivity contribution >= 4 is 27.7 Å². The lowest BCUT2D eigenvalue weighted by Gasteiger charge is -2.03. The van der Waals surface area contributed by atoms with Gasteiger partial charge < -0.3 is 5.32 Å². The zero-order chi connectivity index (χ0) is 10.2. The molecule has 0 aliphatic carbocycles. The summed E-state index contributed by atoms with van der Waals surface area (Å²) in [7, 11) is 0. The summed E-state index contributed by atoms with van der Waals surface area (Å²) >= 11 is 5.25. The molecule has 14 heavy (non-hydrogen) atoms. The number of pyridine rings is 1. The molecule has 0 aliphatic heterocycles. The number of thioether (sulfide) groups is 1. The summed E-state index contributed by atoms with van der Waals surface area (Å²) in [6, 6.07) is 4.05.